The molecule has 0 atom stereocenters. The number of phenolic OH excluding ortho intramolecular Hbond substituents is 1. The van der Waals surface area contributed by atoms with Crippen LogP contribution in [0.1, 0.15) is 11.1 Å². The van der Waals surface area contributed by atoms with Crippen molar-refractivity contribution in [3.63, 3.8) is 0 Å². The van der Waals surface area contributed by atoms with Crippen LogP contribution in [0.25, 0.3) is 11.0 Å². The van der Waals surface area contributed by atoms with Gasteiger partial charge in [-0.1, -0.05) is 0 Å². The third-order valence-corrected chi connectivity index (χ3v) is 2.89. The molecule has 0 unspecified atom stereocenters. The van der Waals surface area contributed by atoms with Gasteiger partial charge in [-0.15, -0.1) is 0 Å². The zero-order valence-electron chi connectivity index (χ0n) is 12.6. The first-order valence-corrected chi connectivity index (χ1v) is 6.59. The van der Waals surface area contributed by atoms with Crippen molar-refractivity contribution in [2.24, 2.45) is 0 Å². The van der Waals surface area contributed by atoms with Gasteiger partial charge in [0.15, 0.2) is 0 Å². The molecular weight excluding hydrogens is 306 g/mol. The Hall–Kier alpha value is -2.87. The molecule has 1 heterocycles. The molecule has 0 saturated heterocycles. The minimum absolute atomic E-state index is 0.145. The summed E-state index contributed by atoms with van der Waals surface area (Å²) in [6.45, 7) is 2.94. The highest BCUT2D eigenvalue weighted by atomic mass is 16.4. The summed E-state index contributed by atoms with van der Waals surface area (Å²) in [4.78, 5) is 30.6. The van der Waals surface area contributed by atoms with Gasteiger partial charge in [-0.2, -0.15) is 0 Å². The quantitative estimate of drug-likeness (QED) is 0.608. The van der Waals surface area contributed by atoms with Crippen LogP contribution in [0.3, 0.4) is 0 Å². The number of carboxylic acid groups (broad SMARTS) is 2. The van der Waals surface area contributed by atoms with E-state index in [1.807, 2.05) is 6.92 Å². The Morgan fingerprint density at radius 2 is 1.70 bits per heavy atom. The zero-order chi connectivity index (χ0) is 17.6. The lowest BCUT2D eigenvalue weighted by atomic mass is 10.1. The van der Waals surface area contributed by atoms with E-state index >= 15 is 0 Å². The van der Waals surface area contributed by atoms with Crippen LogP contribution in [-0.4, -0.2) is 40.3 Å². The molecule has 8 heteroatoms. The molecule has 2 aromatic rings. The molecule has 0 saturated carbocycles. The molecule has 23 heavy (non-hydrogen) atoms. The summed E-state index contributed by atoms with van der Waals surface area (Å²) in [5.74, 6) is -1.97. The Bertz CT molecular complexity index is 765. The molecule has 1 aromatic carbocycles. The molecule has 0 amide bonds. The van der Waals surface area contributed by atoms with Crippen LogP contribution in [0.15, 0.2) is 27.4 Å². The van der Waals surface area contributed by atoms with Crippen LogP contribution in [0, 0.1) is 13.8 Å². The topological polar surface area (TPSA) is 137 Å². The summed E-state index contributed by atoms with van der Waals surface area (Å²) in [5, 5.41) is 28.4. The van der Waals surface area contributed by atoms with Gasteiger partial charge in [-0.25, -0.2) is 4.79 Å². The molecule has 0 bridgehead atoms. The monoisotopic (exact) mass is 323 g/mol. The zero-order valence-corrected chi connectivity index (χ0v) is 12.6. The van der Waals surface area contributed by atoms with E-state index in [0.29, 0.717) is 11.1 Å². The largest absolute Gasteiger partial charge is 0.508 e. The number of aryl methyl sites for hydroxylation is 2. The van der Waals surface area contributed by atoms with Crippen LogP contribution in [-0.2, 0) is 9.59 Å². The van der Waals surface area contributed by atoms with E-state index < -0.39 is 11.9 Å². The van der Waals surface area contributed by atoms with Gasteiger partial charge in [0.25, 0.3) is 0 Å². The second kappa shape index (κ2) is 7.95. The average Bonchev–Trinajstić information content (AvgIpc) is 2.43. The highest BCUT2D eigenvalue weighted by Gasteiger charge is 2.07. The molecule has 1 aromatic heterocycles. The van der Waals surface area contributed by atoms with Crippen molar-refractivity contribution < 1.29 is 29.3 Å². The fourth-order valence-corrected chi connectivity index (χ4v) is 1.78. The van der Waals surface area contributed by atoms with E-state index in [0.717, 1.165) is 10.9 Å². The summed E-state index contributed by atoms with van der Waals surface area (Å²) >= 11 is 0. The number of carbonyl (C=O) groups is 2. The van der Waals surface area contributed by atoms with Crippen molar-refractivity contribution in [3.8, 4) is 5.75 Å². The van der Waals surface area contributed by atoms with E-state index in [1.165, 1.54) is 6.07 Å². The van der Waals surface area contributed by atoms with Crippen molar-refractivity contribution in [1.29, 1.82) is 0 Å². The molecule has 0 aliphatic carbocycles. The van der Waals surface area contributed by atoms with Crippen molar-refractivity contribution >= 4 is 22.9 Å². The normalized spacial score (nSPS) is 10.0. The molecule has 0 fully saturated rings. The molecule has 8 nitrogen and oxygen atoms in total. The highest BCUT2D eigenvalue weighted by Crippen LogP contribution is 2.26. The fourth-order valence-electron chi connectivity index (χ4n) is 1.78. The lowest BCUT2D eigenvalue weighted by Gasteiger charge is -2.04. The predicted molar refractivity (Wildman–Crippen MR) is 81.8 cm³/mol. The Balaban J connectivity index is 0.000000257. The lowest BCUT2D eigenvalue weighted by molar-refractivity contribution is -0.137. The maximum atomic E-state index is 11.1. The van der Waals surface area contributed by atoms with Gasteiger partial charge in [0.05, 0.1) is 13.1 Å². The van der Waals surface area contributed by atoms with Crippen molar-refractivity contribution in [2.45, 2.75) is 13.8 Å². The number of phenols is 1. The molecule has 0 radical (unpaired) electrons. The second-order valence-corrected chi connectivity index (χ2v) is 4.73. The van der Waals surface area contributed by atoms with Crippen LogP contribution >= 0.6 is 0 Å². The summed E-state index contributed by atoms with van der Waals surface area (Å²) in [7, 11) is 0. The minimum Gasteiger partial charge on any atom is -0.508 e. The van der Waals surface area contributed by atoms with Crippen LogP contribution in [0.2, 0.25) is 0 Å². The van der Waals surface area contributed by atoms with E-state index in [1.54, 1.807) is 19.1 Å². The number of fused-ring (bicyclic) bond motifs is 1. The number of nitrogens with one attached hydrogen (secondary N) is 1. The van der Waals surface area contributed by atoms with Gasteiger partial charge in [0.1, 0.15) is 11.3 Å². The number of aromatic hydroxyl groups is 1. The average molecular weight is 323 g/mol. The molecule has 4 N–H and O–H groups in total. The van der Waals surface area contributed by atoms with Gasteiger partial charge in [-0.3, -0.25) is 14.9 Å². The maximum Gasteiger partial charge on any atom is 0.336 e. The van der Waals surface area contributed by atoms with Crippen molar-refractivity contribution in [1.82, 2.24) is 5.32 Å². The predicted octanol–water partition coefficient (Wildman–Crippen LogP) is 0.861. The molecule has 124 valence electrons. The lowest BCUT2D eigenvalue weighted by Crippen LogP contribution is -2.27. The molecule has 0 spiro atoms. The molecule has 0 aliphatic heterocycles. The number of benzene rings is 1. The van der Waals surface area contributed by atoms with E-state index in [9.17, 15) is 19.5 Å². The van der Waals surface area contributed by atoms with Gasteiger partial charge in [0.2, 0.25) is 0 Å². The van der Waals surface area contributed by atoms with Crippen LogP contribution in [0.5, 0.6) is 5.75 Å². The van der Waals surface area contributed by atoms with Gasteiger partial charge in [0, 0.05) is 17.0 Å². The Labute approximate surface area is 131 Å². The molecule has 0 aliphatic rings. The first-order valence-electron chi connectivity index (χ1n) is 6.59. The van der Waals surface area contributed by atoms with Crippen molar-refractivity contribution in [2.75, 3.05) is 13.1 Å². The Morgan fingerprint density at radius 1 is 1.13 bits per heavy atom. The third-order valence-electron chi connectivity index (χ3n) is 2.89. The Kier molecular flexibility index (Phi) is 6.28. The van der Waals surface area contributed by atoms with E-state index in [-0.39, 0.29) is 24.5 Å². The fraction of sp³-hybridized carbons (Fsp3) is 0.267. The standard InChI is InChI=1S/C11H10O3.C4H7NO4/c1-6-5-10(13)14-11-7(2)9(12)4-3-8(6)11;6-3(7)1-5-2-4(8)9/h3-5,12H,1-2H3;5H,1-2H2,(H,6,7)(H,8,9). The van der Waals surface area contributed by atoms with E-state index in [4.69, 9.17) is 14.6 Å². The first kappa shape index (κ1) is 18.2. The number of hydrogen-bond acceptors (Lipinski definition) is 6. The number of carboxylic acids is 2. The maximum absolute atomic E-state index is 11.1. The summed E-state index contributed by atoms with van der Waals surface area (Å²) in [6, 6.07) is 4.79. The summed E-state index contributed by atoms with van der Waals surface area (Å²) in [6.07, 6.45) is 0. The number of hydrogen-bond donors (Lipinski definition) is 4. The summed E-state index contributed by atoms with van der Waals surface area (Å²) < 4.78 is 5.04. The van der Waals surface area contributed by atoms with Gasteiger partial charge >= 0.3 is 17.6 Å². The van der Waals surface area contributed by atoms with Gasteiger partial charge in [-0.05, 0) is 31.5 Å². The first-order chi connectivity index (χ1) is 10.7. The number of aliphatic carboxylic acids is 2. The smallest absolute Gasteiger partial charge is 0.336 e. The minimum atomic E-state index is -1.06. The van der Waals surface area contributed by atoms with Crippen LogP contribution in [0.4, 0.5) is 0 Å². The van der Waals surface area contributed by atoms with Gasteiger partial charge < -0.3 is 19.7 Å². The summed E-state index contributed by atoms with van der Waals surface area (Å²) in [5.41, 5.74) is 1.54. The number of rotatable bonds is 4. The van der Waals surface area contributed by atoms with Crippen molar-refractivity contribution in [3.05, 3.63) is 39.7 Å². The SMILES string of the molecule is Cc1cc(=O)oc2c(C)c(O)ccc12.O=C(O)CNCC(=O)O. The van der Waals surface area contributed by atoms with Crippen LogP contribution < -0.4 is 10.9 Å². The van der Waals surface area contributed by atoms with E-state index in [2.05, 4.69) is 5.32 Å². The second-order valence-electron chi connectivity index (χ2n) is 4.73. The third kappa shape index (κ3) is 5.44. The molecular formula is C15H17NO7. The Morgan fingerprint density at radius 3 is 2.22 bits per heavy atom. The highest BCUT2D eigenvalue weighted by molar-refractivity contribution is 5.84. The molecule has 2 rings (SSSR count).